The molecule has 2 heteroatoms. The SMILES string of the molecule is C=CCCC1CCCC12CCCC(C)(C(Cl)(Cl)C1(C)CCCCC13CCCC3CCC=C)CC2. The van der Waals surface area contributed by atoms with Gasteiger partial charge in [0.2, 0.25) is 0 Å². The molecule has 194 valence electrons. The quantitative estimate of drug-likeness (QED) is 0.226. The number of rotatable bonds is 8. The van der Waals surface area contributed by atoms with E-state index in [9.17, 15) is 0 Å². The summed E-state index contributed by atoms with van der Waals surface area (Å²) in [6.45, 7) is 13.1. The minimum absolute atomic E-state index is 0.00411. The van der Waals surface area contributed by atoms with Gasteiger partial charge in [0.05, 0.1) is 0 Å². The van der Waals surface area contributed by atoms with E-state index in [4.69, 9.17) is 23.2 Å². The molecule has 4 saturated carbocycles. The lowest BCUT2D eigenvalue weighted by molar-refractivity contribution is -0.0790. The van der Waals surface area contributed by atoms with Crippen LogP contribution < -0.4 is 0 Å². The van der Waals surface area contributed by atoms with E-state index in [1.54, 1.807) is 0 Å². The molecule has 0 heterocycles. The summed E-state index contributed by atoms with van der Waals surface area (Å²) >= 11 is 15.7. The van der Waals surface area contributed by atoms with Gasteiger partial charge in [-0.1, -0.05) is 58.1 Å². The normalized spacial score (nSPS) is 43.3. The Hall–Kier alpha value is 0.0600. The van der Waals surface area contributed by atoms with E-state index < -0.39 is 4.33 Å². The first-order chi connectivity index (χ1) is 16.2. The molecular formula is C32H52Cl2. The highest BCUT2D eigenvalue weighted by molar-refractivity contribution is 6.49. The molecule has 2 spiro atoms. The molecule has 0 aliphatic heterocycles. The predicted molar refractivity (Wildman–Crippen MR) is 151 cm³/mol. The second-order valence-electron chi connectivity index (χ2n) is 13.5. The summed E-state index contributed by atoms with van der Waals surface area (Å²) in [4.78, 5) is 0. The van der Waals surface area contributed by atoms with E-state index in [2.05, 4.69) is 39.2 Å². The van der Waals surface area contributed by atoms with Gasteiger partial charge in [-0.3, -0.25) is 0 Å². The third-order valence-corrected chi connectivity index (χ3v) is 13.9. The highest BCUT2D eigenvalue weighted by atomic mass is 35.5. The Morgan fingerprint density at radius 3 is 2.03 bits per heavy atom. The van der Waals surface area contributed by atoms with Crippen LogP contribution in [0.15, 0.2) is 25.3 Å². The van der Waals surface area contributed by atoms with Crippen LogP contribution >= 0.6 is 23.2 Å². The molecule has 4 aliphatic rings. The third-order valence-electron chi connectivity index (χ3n) is 12.2. The highest BCUT2D eigenvalue weighted by Gasteiger charge is 2.68. The molecule has 6 atom stereocenters. The van der Waals surface area contributed by atoms with Crippen LogP contribution in [0.25, 0.3) is 0 Å². The zero-order valence-electron chi connectivity index (χ0n) is 22.4. The lowest BCUT2D eigenvalue weighted by Gasteiger charge is -2.63. The van der Waals surface area contributed by atoms with Crippen molar-refractivity contribution < 1.29 is 0 Å². The van der Waals surface area contributed by atoms with E-state index in [0.29, 0.717) is 10.8 Å². The Morgan fingerprint density at radius 1 is 0.706 bits per heavy atom. The van der Waals surface area contributed by atoms with Gasteiger partial charge in [0.15, 0.2) is 0 Å². The van der Waals surface area contributed by atoms with Gasteiger partial charge < -0.3 is 0 Å². The van der Waals surface area contributed by atoms with Gasteiger partial charge in [0.1, 0.15) is 4.33 Å². The number of alkyl halides is 2. The Bertz CT molecular complexity index is 727. The molecule has 0 aromatic heterocycles. The minimum atomic E-state index is -0.669. The van der Waals surface area contributed by atoms with Gasteiger partial charge in [0, 0.05) is 10.8 Å². The number of hydrogen-bond acceptors (Lipinski definition) is 0. The zero-order valence-corrected chi connectivity index (χ0v) is 23.9. The van der Waals surface area contributed by atoms with Crippen molar-refractivity contribution in [2.45, 2.75) is 140 Å². The fraction of sp³-hybridized carbons (Fsp3) is 0.875. The van der Waals surface area contributed by atoms with Crippen molar-refractivity contribution in [3.8, 4) is 0 Å². The van der Waals surface area contributed by atoms with Gasteiger partial charge in [-0.05, 0) is 113 Å². The smallest absolute Gasteiger partial charge is 0.103 e. The first-order valence-corrected chi connectivity index (χ1v) is 15.6. The molecule has 4 fully saturated rings. The molecule has 0 saturated heterocycles. The number of hydrogen-bond donors (Lipinski definition) is 0. The largest absolute Gasteiger partial charge is 0.129 e. The molecule has 0 aromatic rings. The summed E-state index contributed by atoms with van der Waals surface area (Å²) in [5.74, 6) is 1.63. The molecule has 0 nitrogen and oxygen atoms in total. The van der Waals surface area contributed by atoms with E-state index in [-0.39, 0.29) is 10.8 Å². The van der Waals surface area contributed by atoms with Crippen molar-refractivity contribution in [3.63, 3.8) is 0 Å². The summed E-state index contributed by atoms with van der Waals surface area (Å²) in [6, 6.07) is 0. The van der Waals surface area contributed by atoms with E-state index in [1.807, 2.05) is 0 Å². The molecule has 6 unspecified atom stereocenters. The maximum Gasteiger partial charge on any atom is 0.129 e. The van der Waals surface area contributed by atoms with Gasteiger partial charge in [-0.15, -0.1) is 36.4 Å². The minimum Gasteiger partial charge on any atom is -0.103 e. The second kappa shape index (κ2) is 10.4. The molecule has 0 amide bonds. The van der Waals surface area contributed by atoms with Crippen LogP contribution in [-0.4, -0.2) is 4.33 Å². The first kappa shape index (κ1) is 27.1. The van der Waals surface area contributed by atoms with Crippen molar-refractivity contribution >= 4 is 23.2 Å². The topological polar surface area (TPSA) is 0 Å². The van der Waals surface area contributed by atoms with Crippen molar-refractivity contribution in [2.24, 2.45) is 33.5 Å². The van der Waals surface area contributed by atoms with Crippen LogP contribution in [0.4, 0.5) is 0 Å². The molecule has 4 rings (SSSR count). The Kier molecular flexibility index (Phi) is 8.32. The summed E-state index contributed by atoms with van der Waals surface area (Å²) in [7, 11) is 0. The average Bonchev–Trinajstić information content (AvgIpc) is 3.36. The van der Waals surface area contributed by atoms with Gasteiger partial charge in [-0.2, -0.15) is 0 Å². The monoisotopic (exact) mass is 506 g/mol. The Labute approximate surface area is 221 Å². The van der Waals surface area contributed by atoms with Crippen LogP contribution in [-0.2, 0) is 0 Å². The van der Waals surface area contributed by atoms with Crippen molar-refractivity contribution in [3.05, 3.63) is 25.3 Å². The molecule has 0 bridgehead atoms. The van der Waals surface area contributed by atoms with Gasteiger partial charge in [0.25, 0.3) is 0 Å². The maximum absolute atomic E-state index is 7.86. The third kappa shape index (κ3) is 4.27. The van der Waals surface area contributed by atoms with Crippen molar-refractivity contribution in [1.82, 2.24) is 0 Å². The molecule has 0 radical (unpaired) electrons. The Morgan fingerprint density at radius 2 is 1.29 bits per heavy atom. The van der Waals surface area contributed by atoms with Crippen LogP contribution in [0, 0.1) is 33.5 Å². The van der Waals surface area contributed by atoms with E-state index >= 15 is 0 Å². The summed E-state index contributed by atoms with van der Waals surface area (Å²) in [5.41, 5.74) is 0.837. The number of allylic oxidation sites excluding steroid dienone is 2. The molecule has 0 N–H and O–H groups in total. The van der Waals surface area contributed by atoms with Crippen LogP contribution in [0.5, 0.6) is 0 Å². The maximum atomic E-state index is 7.86. The van der Waals surface area contributed by atoms with Crippen LogP contribution in [0.3, 0.4) is 0 Å². The lowest BCUT2D eigenvalue weighted by atomic mass is 9.47. The zero-order chi connectivity index (χ0) is 24.5. The predicted octanol–water partition coefficient (Wildman–Crippen LogP) is 11.2. The second-order valence-corrected chi connectivity index (χ2v) is 14.8. The van der Waals surface area contributed by atoms with Crippen molar-refractivity contribution in [1.29, 1.82) is 0 Å². The lowest BCUT2D eigenvalue weighted by Crippen LogP contribution is -2.60. The fourth-order valence-electron chi connectivity index (χ4n) is 10.1. The van der Waals surface area contributed by atoms with E-state index in [1.165, 1.54) is 116 Å². The van der Waals surface area contributed by atoms with Gasteiger partial charge >= 0.3 is 0 Å². The molecular weight excluding hydrogens is 455 g/mol. The van der Waals surface area contributed by atoms with Gasteiger partial charge in [-0.25, -0.2) is 0 Å². The average molecular weight is 508 g/mol. The molecule has 0 aromatic carbocycles. The highest BCUT2D eigenvalue weighted by Crippen LogP contribution is 2.73. The molecule has 34 heavy (non-hydrogen) atoms. The van der Waals surface area contributed by atoms with Crippen LogP contribution in [0.2, 0.25) is 0 Å². The van der Waals surface area contributed by atoms with Crippen molar-refractivity contribution in [2.75, 3.05) is 0 Å². The summed E-state index contributed by atoms with van der Waals surface area (Å²) in [6.07, 6.45) is 29.0. The molecule has 4 aliphatic carbocycles. The Balaban J connectivity index is 1.62. The first-order valence-electron chi connectivity index (χ1n) is 14.8. The van der Waals surface area contributed by atoms with E-state index in [0.717, 1.165) is 18.3 Å². The standard InChI is InChI=1S/C32H52Cl2/c1-5-7-14-26-16-11-20-30(26)21-13-18-28(3,24-25-30)32(33,34)29(4)19-9-10-22-31(29)23-12-17-27(31)15-8-6-2/h5-6,26-27H,1-2,7-25H2,3-4H3. The summed E-state index contributed by atoms with van der Waals surface area (Å²) in [5, 5.41) is 0. The number of halogens is 2. The van der Waals surface area contributed by atoms with Crippen LogP contribution in [0.1, 0.15) is 136 Å². The summed E-state index contributed by atoms with van der Waals surface area (Å²) < 4.78 is -0.669. The fourth-order valence-corrected chi connectivity index (χ4v) is 11.0.